The minimum absolute atomic E-state index is 0.0210. The third-order valence-corrected chi connectivity index (χ3v) is 4.24. The molecule has 3 aromatic carbocycles. The summed E-state index contributed by atoms with van der Waals surface area (Å²) in [6.45, 7) is 2.02. The average molecular weight is 315 g/mol. The number of nitrogens with zero attached hydrogens (tertiary/aromatic N) is 1. The summed E-state index contributed by atoms with van der Waals surface area (Å²) in [4.78, 5) is 14.8. The summed E-state index contributed by atoms with van der Waals surface area (Å²) >= 11 is 0. The summed E-state index contributed by atoms with van der Waals surface area (Å²) < 4.78 is 0. The van der Waals surface area contributed by atoms with Crippen LogP contribution in [0.2, 0.25) is 0 Å². The van der Waals surface area contributed by atoms with Crippen molar-refractivity contribution in [1.29, 1.82) is 0 Å². The highest BCUT2D eigenvalue weighted by molar-refractivity contribution is 5.94. The van der Waals surface area contributed by atoms with Gasteiger partial charge >= 0.3 is 0 Å². The molecule has 0 saturated heterocycles. The zero-order valence-electron chi connectivity index (χ0n) is 14.0. The highest BCUT2D eigenvalue weighted by atomic mass is 16.2. The molecule has 1 amide bonds. The Morgan fingerprint density at radius 2 is 1.21 bits per heavy atom. The normalized spacial score (nSPS) is 10.6. The van der Waals surface area contributed by atoms with Crippen LogP contribution in [0, 0.1) is 6.92 Å². The maximum atomic E-state index is 13.0. The van der Waals surface area contributed by atoms with Crippen LogP contribution < -0.4 is 0 Å². The summed E-state index contributed by atoms with van der Waals surface area (Å²) in [5.41, 5.74) is 4.06. The molecule has 0 heterocycles. The maximum Gasteiger partial charge on any atom is 0.254 e. The van der Waals surface area contributed by atoms with Gasteiger partial charge in [-0.05, 0) is 30.2 Å². The fraction of sp³-hybridized carbons (Fsp3) is 0.136. The Morgan fingerprint density at radius 1 is 0.750 bits per heavy atom. The van der Waals surface area contributed by atoms with E-state index in [9.17, 15) is 4.79 Å². The van der Waals surface area contributed by atoms with Crippen molar-refractivity contribution in [2.24, 2.45) is 0 Å². The molecule has 2 nitrogen and oxygen atoms in total. The monoisotopic (exact) mass is 315 g/mol. The van der Waals surface area contributed by atoms with E-state index in [1.54, 1.807) is 0 Å². The molecule has 0 unspecified atom stereocenters. The second-order valence-electron chi connectivity index (χ2n) is 6.01. The van der Waals surface area contributed by atoms with Gasteiger partial charge < -0.3 is 4.90 Å². The standard InChI is InChI=1S/C22H21NO/c1-17-13-15-20(16-14-17)22(24)23(2)21(18-9-5-3-6-10-18)19-11-7-4-8-12-19/h3-16,21H,1-2H3. The van der Waals surface area contributed by atoms with Gasteiger partial charge in [0.25, 0.3) is 5.91 Å². The number of amides is 1. The number of hydrogen-bond donors (Lipinski definition) is 0. The van der Waals surface area contributed by atoms with E-state index in [1.165, 1.54) is 0 Å². The lowest BCUT2D eigenvalue weighted by Crippen LogP contribution is -2.32. The SMILES string of the molecule is Cc1ccc(C(=O)N(C)C(c2ccccc2)c2ccccc2)cc1. The smallest absolute Gasteiger partial charge is 0.254 e. The van der Waals surface area contributed by atoms with Gasteiger partial charge in [0.05, 0.1) is 6.04 Å². The summed E-state index contributed by atoms with van der Waals surface area (Å²) in [5, 5.41) is 0. The number of carbonyl (C=O) groups is 1. The second kappa shape index (κ2) is 7.14. The Morgan fingerprint density at radius 3 is 1.67 bits per heavy atom. The van der Waals surface area contributed by atoms with Crippen LogP contribution in [0.4, 0.5) is 0 Å². The van der Waals surface area contributed by atoms with Crippen LogP contribution in [0.1, 0.15) is 33.1 Å². The van der Waals surface area contributed by atoms with Gasteiger partial charge in [-0.1, -0.05) is 78.4 Å². The van der Waals surface area contributed by atoms with E-state index in [1.807, 2.05) is 79.5 Å². The minimum Gasteiger partial charge on any atom is -0.331 e. The molecule has 0 fully saturated rings. The molecule has 24 heavy (non-hydrogen) atoms. The van der Waals surface area contributed by atoms with Crippen molar-refractivity contribution >= 4 is 5.91 Å². The Hall–Kier alpha value is -2.87. The zero-order valence-corrected chi connectivity index (χ0v) is 14.0. The Bertz CT molecular complexity index is 755. The van der Waals surface area contributed by atoms with E-state index in [4.69, 9.17) is 0 Å². The average Bonchev–Trinajstić information content (AvgIpc) is 2.64. The first-order valence-electron chi connectivity index (χ1n) is 8.10. The largest absolute Gasteiger partial charge is 0.331 e. The van der Waals surface area contributed by atoms with Gasteiger partial charge in [-0.15, -0.1) is 0 Å². The lowest BCUT2D eigenvalue weighted by Gasteiger charge is -2.29. The summed E-state index contributed by atoms with van der Waals surface area (Å²) in [6, 6.07) is 27.9. The zero-order chi connectivity index (χ0) is 16.9. The molecule has 0 atom stereocenters. The summed E-state index contributed by atoms with van der Waals surface area (Å²) in [7, 11) is 1.87. The van der Waals surface area contributed by atoms with E-state index < -0.39 is 0 Å². The van der Waals surface area contributed by atoms with Gasteiger partial charge in [0.2, 0.25) is 0 Å². The number of rotatable bonds is 4. The molecule has 2 heteroatoms. The Kier molecular flexibility index (Phi) is 4.76. The highest BCUT2D eigenvalue weighted by Crippen LogP contribution is 2.28. The predicted molar refractivity (Wildman–Crippen MR) is 98.0 cm³/mol. The second-order valence-corrected chi connectivity index (χ2v) is 6.01. The van der Waals surface area contributed by atoms with Crippen LogP contribution in [0.15, 0.2) is 84.9 Å². The van der Waals surface area contributed by atoms with Crippen LogP contribution in [0.3, 0.4) is 0 Å². The van der Waals surface area contributed by atoms with Crippen molar-refractivity contribution in [3.05, 3.63) is 107 Å². The number of hydrogen-bond acceptors (Lipinski definition) is 1. The van der Waals surface area contributed by atoms with E-state index in [-0.39, 0.29) is 11.9 Å². The van der Waals surface area contributed by atoms with Crippen LogP contribution in [0.25, 0.3) is 0 Å². The first-order chi connectivity index (χ1) is 11.7. The molecule has 0 bridgehead atoms. The third-order valence-electron chi connectivity index (χ3n) is 4.24. The molecule has 0 radical (unpaired) electrons. The van der Waals surface area contributed by atoms with Crippen molar-refractivity contribution < 1.29 is 4.79 Å². The quantitative estimate of drug-likeness (QED) is 0.673. The molecule has 0 aliphatic rings. The topological polar surface area (TPSA) is 20.3 Å². The Labute approximate surface area is 143 Å². The third kappa shape index (κ3) is 3.38. The number of aryl methyl sites for hydroxylation is 1. The number of benzene rings is 3. The van der Waals surface area contributed by atoms with Crippen molar-refractivity contribution in [3.63, 3.8) is 0 Å². The van der Waals surface area contributed by atoms with Crippen molar-refractivity contribution in [1.82, 2.24) is 4.90 Å². The molecular formula is C22H21NO. The van der Waals surface area contributed by atoms with Crippen molar-refractivity contribution in [2.45, 2.75) is 13.0 Å². The molecule has 0 spiro atoms. The van der Waals surface area contributed by atoms with Crippen LogP contribution in [-0.4, -0.2) is 17.9 Å². The molecule has 0 aliphatic carbocycles. The van der Waals surface area contributed by atoms with Crippen LogP contribution >= 0.6 is 0 Å². The van der Waals surface area contributed by atoms with Crippen LogP contribution in [0.5, 0.6) is 0 Å². The van der Waals surface area contributed by atoms with Gasteiger partial charge in [-0.2, -0.15) is 0 Å². The van der Waals surface area contributed by atoms with E-state index in [2.05, 4.69) is 24.3 Å². The molecule has 0 N–H and O–H groups in total. The first-order valence-corrected chi connectivity index (χ1v) is 8.10. The van der Waals surface area contributed by atoms with E-state index in [0.29, 0.717) is 5.56 Å². The molecule has 0 aliphatic heterocycles. The van der Waals surface area contributed by atoms with Gasteiger partial charge in [0.1, 0.15) is 0 Å². The molecular weight excluding hydrogens is 294 g/mol. The van der Waals surface area contributed by atoms with Gasteiger partial charge in [0, 0.05) is 12.6 Å². The van der Waals surface area contributed by atoms with Crippen molar-refractivity contribution in [3.8, 4) is 0 Å². The van der Waals surface area contributed by atoms with Crippen LogP contribution in [-0.2, 0) is 0 Å². The summed E-state index contributed by atoms with van der Waals surface area (Å²) in [5.74, 6) is 0.0210. The lowest BCUT2D eigenvalue weighted by atomic mass is 9.96. The molecule has 3 aromatic rings. The number of carbonyl (C=O) groups excluding carboxylic acids is 1. The van der Waals surface area contributed by atoms with Crippen molar-refractivity contribution in [2.75, 3.05) is 7.05 Å². The highest BCUT2D eigenvalue weighted by Gasteiger charge is 2.24. The first kappa shape index (κ1) is 16.0. The fourth-order valence-corrected chi connectivity index (χ4v) is 2.93. The Balaban J connectivity index is 1.99. The molecule has 0 saturated carbocycles. The minimum atomic E-state index is -0.110. The summed E-state index contributed by atoms with van der Waals surface area (Å²) in [6.07, 6.45) is 0. The van der Waals surface area contributed by atoms with E-state index >= 15 is 0 Å². The van der Waals surface area contributed by atoms with Gasteiger partial charge in [0.15, 0.2) is 0 Å². The lowest BCUT2D eigenvalue weighted by molar-refractivity contribution is 0.0755. The predicted octanol–water partition coefficient (Wildman–Crippen LogP) is 4.86. The van der Waals surface area contributed by atoms with Gasteiger partial charge in [-0.25, -0.2) is 0 Å². The van der Waals surface area contributed by atoms with E-state index in [0.717, 1.165) is 16.7 Å². The molecule has 0 aromatic heterocycles. The van der Waals surface area contributed by atoms with Gasteiger partial charge in [-0.3, -0.25) is 4.79 Å². The fourth-order valence-electron chi connectivity index (χ4n) is 2.93. The molecule has 120 valence electrons. The molecule has 3 rings (SSSR count). The maximum absolute atomic E-state index is 13.0.